The number of sulfone groups is 1. The summed E-state index contributed by atoms with van der Waals surface area (Å²) in [5.41, 5.74) is -0.277. The van der Waals surface area contributed by atoms with Crippen molar-refractivity contribution in [1.29, 1.82) is 0 Å². The van der Waals surface area contributed by atoms with Gasteiger partial charge in [-0.15, -0.1) is 0 Å². The summed E-state index contributed by atoms with van der Waals surface area (Å²) in [7, 11) is -3.77. The molecule has 0 amide bonds. The van der Waals surface area contributed by atoms with Gasteiger partial charge in [-0.05, 0) is 37.5 Å². The van der Waals surface area contributed by atoms with Crippen molar-refractivity contribution in [3.05, 3.63) is 29.6 Å². The molecule has 1 N–H and O–H groups in total. The smallest absolute Gasteiger partial charge is 0.335 e. The lowest BCUT2D eigenvalue weighted by molar-refractivity contribution is 0.0696. The highest BCUT2D eigenvalue weighted by Crippen LogP contribution is 2.21. The summed E-state index contributed by atoms with van der Waals surface area (Å²) in [6.07, 6.45) is 1.95. The third-order valence-corrected chi connectivity index (χ3v) is 5.02. The number of carboxylic acid groups (broad SMARTS) is 1. The fourth-order valence-electron chi connectivity index (χ4n) is 2.15. The molecule has 0 aromatic heterocycles. The first-order valence-corrected chi connectivity index (χ1v) is 7.92. The van der Waals surface area contributed by atoms with Gasteiger partial charge in [0.25, 0.3) is 0 Å². The van der Waals surface area contributed by atoms with Crippen molar-refractivity contribution >= 4 is 15.8 Å². The monoisotopic (exact) mass is 302 g/mol. The first-order chi connectivity index (χ1) is 9.40. The highest BCUT2D eigenvalue weighted by Gasteiger charge is 2.24. The zero-order chi connectivity index (χ0) is 14.8. The summed E-state index contributed by atoms with van der Waals surface area (Å²) in [5, 5.41) is 8.72. The molecule has 110 valence electrons. The highest BCUT2D eigenvalue weighted by molar-refractivity contribution is 7.91. The minimum atomic E-state index is -3.77. The Balaban J connectivity index is 2.14. The molecule has 7 heteroatoms. The zero-order valence-electron chi connectivity index (χ0n) is 10.7. The van der Waals surface area contributed by atoms with Crippen molar-refractivity contribution in [2.75, 3.05) is 12.4 Å². The van der Waals surface area contributed by atoms with Crippen molar-refractivity contribution in [2.24, 2.45) is 0 Å². The number of halogens is 1. The summed E-state index contributed by atoms with van der Waals surface area (Å²) in [5.74, 6) is -2.54. The molecule has 1 heterocycles. The molecule has 0 radical (unpaired) electrons. The molecule has 1 fully saturated rings. The highest BCUT2D eigenvalue weighted by atomic mass is 32.2. The van der Waals surface area contributed by atoms with Gasteiger partial charge in [0.1, 0.15) is 10.7 Å². The van der Waals surface area contributed by atoms with E-state index in [9.17, 15) is 17.6 Å². The quantitative estimate of drug-likeness (QED) is 0.898. The Hall–Kier alpha value is -1.47. The standard InChI is InChI=1S/C13H15FO5S/c14-11-8-9(13(15)16)3-4-12(11)20(17,18)7-5-10-2-1-6-19-10/h3-4,8,10H,1-2,5-7H2,(H,15,16). The Bertz CT molecular complexity index is 605. The van der Waals surface area contributed by atoms with Gasteiger partial charge in [-0.25, -0.2) is 17.6 Å². The second-order valence-corrected chi connectivity index (χ2v) is 6.77. The maximum absolute atomic E-state index is 13.7. The van der Waals surface area contributed by atoms with E-state index >= 15 is 0 Å². The van der Waals surface area contributed by atoms with E-state index in [1.165, 1.54) is 0 Å². The van der Waals surface area contributed by atoms with Crippen LogP contribution in [0, 0.1) is 5.82 Å². The number of ether oxygens (including phenoxy) is 1. The number of carboxylic acids is 1. The number of hydrogen-bond donors (Lipinski definition) is 1. The number of benzene rings is 1. The van der Waals surface area contributed by atoms with Gasteiger partial charge >= 0.3 is 5.97 Å². The predicted octanol–water partition coefficient (Wildman–Crippen LogP) is 1.87. The SMILES string of the molecule is O=C(O)c1ccc(S(=O)(=O)CCC2CCCO2)c(F)c1. The predicted molar refractivity (Wildman–Crippen MR) is 69.0 cm³/mol. The minimum Gasteiger partial charge on any atom is -0.478 e. The lowest BCUT2D eigenvalue weighted by atomic mass is 10.2. The molecule has 1 aliphatic rings. The molecule has 5 nitrogen and oxygen atoms in total. The molecule has 2 rings (SSSR count). The topological polar surface area (TPSA) is 80.7 Å². The summed E-state index contributed by atoms with van der Waals surface area (Å²) >= 11 is 0. The molecule has 1 aromatic carbocycles. The van der Waals surface area contributed by atoms with E-state index in [1.54, 1.807) is 0 Å². The molecule has 0 spiro atoms. The van der Waals surface area contributed by atoms with Crippen LogP contribution in [0.15, 0.2) is 23.1 Å². The second-order valence-electron chi connectivity index (χ2n) is 4.69. The molecule has 1 unspecified atom stereocenters. The Morgan fingerprint density at radius 3 is 2.75 bits per heavy atom. The van der Waals surface area contributed by atoms with Crippen LogP contribution in [0.2, 0.25) is 0 Å². The van der Waals surface area contributed by atoms with Crippen molar-refractivity contribution in [2.45, 2.75) is 30.3 Å². The van der Waals surface area contributed by atoms with E-state index in [0.29, 0.717) is 13.0 Å². The van der Waals surface area contributed by atoms with Crippen LogP contribution in [0.4, 0.5) is 4.39 Å². The van der Waals surface area contributed by atoms with Crippen molar-refractivity contribution < 1.29 is 27.4 Å². The number of hydrogen-bond acceptors (Lipinski definition) is 4. The van der Waals surface area contributed by atoms with Crippen LogP contribution < -0.4 is 0 Å². The van der Waals surface area contributed by atoms with Crippen LogP contribution in [0.3, 0.4) is 0 Å². The van der Waals surface area contributed by atoms with E-state index in [-0.39, 0.29) is 17.4 Å². The van der Waals surface area contributed by atoms with Gasteiger partial charge in [0.15, 0.2) is 9.84 Å². The Labute approximate surface area is 116 Å². The van der Waals surface area contributed by atoms with Crippen molar-refractivity contribution in [3.8, 4) is 0 Å². The Morgan fingerprint density at radius 2 is 2.20 bits per heavy atom. The van der Waals surface area contributed by atoms with Crippen LogP contribution in [0.5, 0.6) is 0 Å². The molecule has 0 bridgehead atoms. The van der Waals surface area contributed by atoms with Gasteiger partial charge in [-0.3, -0.25) is 0 Å². The average molecular weight is 302 g/mol. The van der Waals surface area contributed by atoms with Crippen LogP contribution in [-0.2, 0) is 14.6 Å². The number of rotatable bonds is 5. The van der Waals surface area contributed by atoms with Gasteiger partial charge < -0.3 is 9.84 Å². The van der Waals surface area contributed by atoms with E-state index in [0.717, 1.165) is 31.0 Å². The molecule has 20 heavy (non-hydrogen) atoms. The van der Waals surface area contributed by atoms with Gasteiger partial charge in [-0.2, -0.15) is 0 Å². The third kappa shape index (κ3) is 3.34. The van der Waals surface area contributed by atoms with Gasteiger partial charge in [0.2, 0.25) is 0 Å². The first kappa shape index (κ1) is 14.9. The summed E-state index contributed by atoms with van der Waals surface area (Å²) in [6, 6.07) is 2.81. The molecular formula is C13H15FO5S. The Kier molecular flexibility index (Phi) is 4.39. The van der Waals surface area contributed by atoms with Crippen LogP contribution in [0.25, 0.3) is 0 Å². The fourth-order valence-corrected chi connectivity index (χ4v) is 3.58. The van der Waals surface area contributed by atoms with Gasteiger partial charge in [0.05, 0.1) is 17.4 Å². The van der Waals surface area contributed by atoms with E-state index in [1.807, 2.05) is 0 Å². The second kappa shape index (κ2) is 5.88. The lowest BCUT2D eigenvalue weighted by Crippen LogP contribution is -2.15. The molecule has 1 atom stereocenters. The van der Waals surface area contributed by atoms with Crippen molar-refractivity contribution in [3.63, 3.8) is 0 Å². The van der Waals surface area contributed by atoms with Gasteiger partial charge in [0, 0.05) is 6.61 Å². The summed E-state index contributed by atoms with van der Waals surface area (Å²) in [4.78, 5) is 10.2. The molecular weight excluding hydrogens is 287 g/mol. The van der Waals surface area contributed by atoms with Crippen LogP contribution in [0.1, 0.15) is 29.6 Å². The third-order valence-electron chi connectivity index (χ3n) is 3.25. The first-order valence-electron chi connectivity index (χ1n) is 6.27. The molecule has 1 saturated heterocycles. The molecule has 0 saturated carbocycles. The maximum atomic E-state index is 13.7. The molecule has 1 aliphatic heterocycles. The average Bonchev–Trinajstić information content (AvgIpc) is 2.89. The van der Waals surface area contributed by atoms with E-state index < -0.39 is 26.5 Å². The van der Waals surface area contributed by atoms with E-state index in [4.69, 9.17) is 9.84 Å². The maximum Gasteiger partial charge on any atom is 0.335 e. The number of carbonyl (C=O) groups is 1. The fraction of sp³-hybridized carbons (Fsp3) is 0.462. The normalized spacial score (nSPS) is 19.1. The largest absolute Gasteiger partial charge is 0.478 e. The minimum absolute atomic E-state index is 0.0915. The zero-order valence-corrected chi connectivity index (χ0v) is 11.5. The van der Waals surface area contributed by atoms with Crippen LogP contribution in [-0.4, -0.2) is 38.0 Å². The Morgan fingerprint density at radius 1 is 1.45 bits per heavy atom. The van der Waals surface area contributed by atoms with Gasteiger partial charge in [-0.1, -0.05) is 0 Å². The number of aromatic carboxylic acids is 1. The lowest BCUT2D eigenvalue weighted by Gasteiger charge is -2.10. The molecule has 1 aromatic rings. The van der Waals surface area contributed by atoms with Crippen LogP contribution >= 0.6 is 0 Å². The summed E-state index contributed by atoms with van der Waals surface area (Å²) in [6.45, 7) is 0.631. The van der Waals surface area contributed by atoms with Crippen molar-refractivity contribution in [1.82, 2.24) is 0 Å². The summed E-state index contributed by atoms with van der Waals surface area (Å²) < 4.78 is 43.2. The van der Waals surface area contributed by atoms with E-state index in [2.05, 4.69) is 0 Å². The molecule has 0 aliphatic carbocycles.